The molecule has 1 atom stereocenters. The molecule has 1 fully saturated rings. The Balaban J connectivity index is 1.68. The van der Waals surface area contributed by atoms with Crippen molar-refractivity contribution in [1.82, 2.24) is 4.90 Å². The molecule has 2 aromatic carbocycles. The zero-order valence-corrected chi connectivity index (χ0v) is 17.2. The van der Waals surface area contributed by atoms with Gasteiger partial charge in [0.1, 0.15) is 10.4 Å². The van der Waals surface area contributed by atoms with E-state index in [1.54, 1.807) is 0 Å². The minimum Gasteiger partial charge on any atom is -0.480 e. The Hall–Kier alpha value is -2.70. The Morgan fingerprint density at radius 3 is 2.66 bits per heavy atom. The summed E-state index contributed by atoms with van der Waals surface area (Å²) in [6.07, 6.45) is 6.04. The number of hydrogen-bond donors (Lipinski definition) is 1. The SMILES string of the molecule is O=C(O)C(Cc1ccccc1)N1C(=O)/C(=C/C2=c3ccccc3=CCC2)SC1=S. The second-order valence-electron chi connectivity index (χ2n) is 6.95. The van der Waals surface area contributed by atoms with Gasteiger partial charge in [-0.3, -0.25) is 9.69 Å². The fourth-order valence-corrected chi connectivity index (χ4v) is 5.03. The van der Waals surface area contributed by atoms with Crippen LogP contribution in [0.1, 0.15) is 18.4 Å². The molecular weight excluding hydrogens is 402 g/mol. The second kappa shape index (κ2) is 8.35. The van der Waals surface area contributed by atoms with E-state index in [2.05, 4.69) is 12.1 Å². The molecule has 0 bridgehead atoms. The van der Waals surface area contributed by atoms with E-state index in [0.717, 1.165) is 34.4 Å². The van der Waals surface area contributed by atoms with E-state index in [9.17, 15) is 14.7 Å². The number of aliphatic carboxylic acids is 1. The van der Waals surface area contributed by atoms with Crippen LogP contribution in [-0.4, -0.2) is 32.2 Å². The van der Waals surface area contributed by atoms with Gasteiger partial charge in [-0.15, -0.1) is 0 Å². The lowest BCUT2D eigenvalue weighted by Gasteiger charge is -2.23. The monoisotopic (exact) mass is 421 g/mol. The van der Waals surface area contributed by atoms with E-state index in [1.807, 2.05) is 54.6 Å². The van der Waals surface area contributed by atoms with Crippen LogP contribution in [0.2, 0.25) is 0 Å². The Labute approximate surface area is 178 Å². The zero-order valence-electron chi connectivity index (χ0n) is 15.6. The van der Waals surface area contributed by atoms with Crippen molar-refractivity contribution in [3.05, 3.63) is 81.6 Å². The van der Waals surface area contributed by atoms with Crippen LogP contribution in [-0.2, 0) is 16.0 Å². The van der Waals surface area contributed by atoms with Crippen LogP contribution in [0.3, 0.4) is 0 Å². The summed E-state index contributed by atoms with van der Waals surface area (Å²) >= 11 is 6.58. The molecule has 1 aliphatic carbocycles. The van der Waals surface area contributed by atoms with Crippen molar-refractivity contribution in [2.45, 2.75) is 25.3 Å². The molecule has 2 aromatic rings. The van der Waals surface area contributed by atoms with Gasteiger partial charge < -0.3 is 5.11 Å². The maximum absolute atomic E-state index is 13.1. The molecule has 1 saturated heterocycles. The van der Waals surface area contributed by atoms with Gasteiger partial charge in [-0.05, 0) is 40.5 Å². The number of thioether (sulfide) groups is 1. The normalized spacial score (nSPS) is 18.6. The van der Waals surface area contributed by atoms with Gasteiger partial charge in [-0.1, -0.05) is 84.7 Å². The molecule has 1 N–H and O–H groups in total. The minimum atomic E-state index is -1.06. The van der Waals surface area contributed by atoms with Gasteiger partial charge in [0, 0.05) is 6.42 Å². The number of thiocarbonyl (C=S) groups is 1. The van der Waals surface area contributed by atoms with Gasteiger partial charge >= 0.3 is 5.97 Å². The van der Waals surface area contributed by atoms with Crippen LogP contribution in [0.25, 0.3) is 11.6 Å². The highest BCUT2D eigenvalue weighted by Crippen LogP contribution is 2.34. The maximum atomic E-state index is 13.1. The minimum absolute atomic E-state index is 0.213. The first-order chi connectivity index (χ1) is 14.0. The van der Waals surface area contributed by atoms with Crippen molar-refractivity contribution in [3.8, 4) is 0 Å². The standard InChI is InChI=1S/C23H19NO3S2/c25-21-20(14-17-11-6-10-16-9-4-5-12-18(16)17)29-23(28)24(21)19(22(26)27)13-15-7-2-1-3-8-15/h1-5,7-10,12,14,19H,6,11,13H2,(H,26,27)/b20-14-. The number of fused-ring (bicyclic) bond motifs is 1. The van der Waals surface area contributed by atoms with E-state index >= 15 is 0 Å². The molecule has 1 amide bonds. The van der Waals surface area contributed by atoms with Crippen LogP contribution in [0.5, 0.6) is 0 Å². The third-order valence-electron chi connectivity index (χ3n) is 5.08. The van der Waals surface area contributed by atoms with E-state index in [4.69, 9.17) is 12.2 Å². The summed E-state index contributed by atoms with van der Waals surface area (Å²) in [4.78, 5) is 26.8. The number of carboxylic acid groups (broad SMARTS) is 1. The summed E-state index contributed by atoms with van der Waals surface area (Å²) < 4.78 is 0.292. The third kappa shape index (κ3) is 4.04. The van der Waals surface area contributed by atoms with E-state index in [-0.39, 0.29) is 12.3 Å². The lowest BCUT2D eigenvalue weighted by Crippen LogP contribution is -2.45. The highest BCUT2D eigenvalue weighted by molar-refractivity contribution is 8.26. The summed E-state index contributed by atoms with van der Waals surface area (Å²) in [5, 5.41) is 12.1. The van der Waals surface area contributed by atoms with Crippen LogP contribution < -0.4 is 10.4 Å². The number of carbonyl (C=O) groups is 2. The molecule has 146 valence electrons. The Kier molecular flexibility index (Phi) is 5.65. The lowest BCUT2D eigenvalue weighted by atomic mass is 9.99. The number of carboxylic acids is 1. The number of rotatable bonds is 5. The smallest absolute Gasteiger partial charge is 0.327 e. The fourth-order valence-electron chi connectivity index (χ4n) is 3.67. The molecule has 1 aliphatic heterocycles. The second-order valence-corrected chi connectivity index (χ2v) is 8.63. The topological polar surface area (TPSA) is 57.6 Å². The number of benzene rings is 2. The first-order valence-corrected chi connectivity index (χ1v) is 10.6. The van der Waals surface area contributed by atoms with Crippen molar-refractivity contribution in [2.24, 2.45) is 0 Å². The number of amides is 1. The molecule has 0 aromatic heterocycles. The summed E-state index contributed by atoms with van der Waals surface area (Å²) in [5.41, 5.74) is 1.93. The van der Waals surface area contributed by atoms with E-state index in [1.165, 1.54) is 16.7 Å². The quantitative estimate of drug-likeness (QED) is 0.594. The molecule has 0 radical (unpaired) electrons. The molecule has 2 aliphatic rings. The maximum Gasteiger partial charge on any atom is 0.327 e. The van der Waals surface area contributed by atoms with Crippen LogP contribution in [0.15, 0.2) is 65.6 Å². The molecule has 1 unspecified atom stereocenters. The average molecular weight is 422 g/mol. The summed E-state index contributed by atoms with van der Waals surface area (Å²) in [5.74, 6) is -1.39. The van der Waals surface area contributed by atoms with Crippen LogP contribution in [0, 0.1) is 0 Å². The number of carbonyl (C=O) groups excluding carboxylic acids is 1. The number of hydrogen-bond acceptors (Lipinski definition) is 4. The van der Waals surface area contributed by atoms with E-state index in [0.29, 0.717) is 9.23 Å². The van der Waals surface area contributed by atoms with Crippen molar-refractivity contribution >= 4 is 51.8 Å². The molecule has 4 nitrogen and oxygen atoms in total. The summed E-state index contributed by atoms with van der Waals surface area (Å²) in [6.45, 7) is 0. The molecule has 6 heteroatoms. The molecule has 0 saturated carbocycles. The number of allylic oxidation sites excluding steroid dienone is 1. The van der Waals surface area contributed by atoms with Crippen molar-refractivity contribution < 1.29 is 14.7 Å². The predicted octanol–water partition coefficient (Wildman–Crippen LogP) is 2.85. The van der Waals surface area contributed by atoms with Gasteiger partial charge in [0.2, 0.25) is 0 Å². The van der Waals surface area contributed by atoms with E-state index < -0.39 is 12.0 Å². The van der Waals surface area contributed by atoms with Crippen LogP contribution in [0.4, 0.5) is 0 Å². The third-order valence-corrected chi connectivity index (χ3v) is 6.41. The van der Waals surface area contributed by atoms with Crippen LogP contribution >= 0.6 is 24.0 Å². The Bertz CT molecular complexity index is 1140. The van der Waals surface area contributed by atoms with Gasteiger partial charge in [0.15, 0.2) is 0 Å². The fraction of sp³-hybridized carbons (Fsp3) is 0.174. The molecule has 29 heavy (non-hydrogen) atoms. The van der Waals surface area contributed by atoms with Gasteiger partial charge in [-0.2, -0.15) is 0 Å². The average Bonchev–Trinajstić information content (AvgIpc) is 3.00. The molecule has 4 rings (SSSR count). The lowest BCUT2D eigenvalue weighted by molar-refractivity contribution is -0.145. The van der Waals surface area contributed by atoms with Gasteiger partial charge in [0.05, 0.1) is 4.91 Å². The van der Waals surface area contributed by atoms with Gasteiger partial charge in [0.25, 0.3) is 5.91 Å². The summed E-state index contributed by atoms with van der Waals surface area (Å²) in [6, 6.07) is 16.4. The Morgan fingerprint density at radius 2 is 1.90 bits per heavy atom. The first kappa shape index (κ1) is 19.6. The van der Waals surface area contributed by atoms with Crippen molar-refractivity contribution in [2.75, 3.05) is 0 Å². The Morgan fingerprint density at radius 1 is 1.17 bits per heavy atom. The summed E-state index contributed by atoms with van der Waals surface area (Å²) in [7, 11) is 0. The molecule has 0 spiro atoms. The predicted molar refractivity (Wildman–Crippen MR) is 119 cm³/mol. The van der Waals surface area contributed by atoms with Gasteiger partial charge in [-0.25, -0.2) is 4.79 Å². The van der Waals surface area contributed by atoms with Crippen molar-refractivity contribution in [3.63, 3.8) is 0 Å². The largest absolute Gasteiger partial charge is 0.480 e. The first-order valence-electron chi connectivity index (χ1n) is 9.37. The highest BCUT2D eigenvalue weighted by atomic mass is 32.2. The zero-order chi connectivity index (χ0) is 20.4. The van der Waals surface area contributed by atoms with Crippen molar-refractivity contribution in [1.29, 1.82) is 0 Å². The molecule has 1 heterocycles. The number of nitrogens with zero attached hydrogens (tertiary/aromatic N) is 1. The molecular formula is C23H19NO3S2. The highest BCUT2D eigenvalue weighted by Gasteiger charge is 2.40.